The van der Waals surface area contributed by atoms with Crippen molar-refractivity contribution in [3.05, 3.63) is 57.9 Å². The number of rotatable bonds is 6. The molecule has 1 aliphatic rings. The van der Waals surface area contributed by atoms with E-state index in [0.29, 0.717) is 22.5 Å². The second-order valence-electron chi connectivity index (χ2n) is 6.45. The molecule has 2 amide bonds. The van der Waals surface area contributed by atoms with E-state index in [9.17, 15) is 14.4 Å². The summed E-state index contributed by atoms with van der Waals surface area (Å²) in [6.45, 7) is 3.61. The number of benzene rings is 1. The van der Waals surface area contributed by atoms with Crippen molar-refractivity contribution in [1.29, 1.82) is 0 Å². The number of aryl methyl sites for hydroxylation is 1. The summed E-state index contributed by atoms with van der Waals surface area (Å²) in [5.74, 6) is -1.16. The zero-order chi connectivity index (χ0) is 20.3. The van der Waals surface area contributed by atoms with Crippen LogP contribution in [0.5, 0.6) is 0 Å². The minimum Gasteiger partial charge on any atom is -0.462 e. The maximum absolute atomic E-state index is 12.4. The Morgan fingerprint density at radius 2 is 1.86 bits per heavy atom. The summed E-state index contributed by atoms with van der Waals surface area (Å²) < 4.78 is 4.95. The number of hydrogen-bond donors (Lipinski definition) is 2. The van der Waals surface area contributed by atoms with Gasteiger partial charge in [-0.1, -0.05) is 11.6 Å². The number of halogens is 1. The van der Waals surface area contributed by atoms with Gasteiger partial charge in [-0.05, 0) is 57.0 Å². The van der Waals surface area contributed by atoms with Crippen molar-refractivity contribution in [2.24, 2.45) is 0 Å². The first-order valence-electron chi connectivity index (χ1n) is 8.95. The minimum atomic E-state index is -0.480. The highest BCUT2D eigenvalue weighted by Gasteiger charge is 2.24. The zero-order valence-corrected chi connectivity index (χ0v) is 16.3. The maximum Gasteiger partial charge on any atom is 0.339 e. The Bertz CT molecular complexity index is 941. The highest BCUT2D eigenvalue weighted by molar-refractivity contribution is 6.34. The van der Waals surface area contributed by atoms with E-state index in [2.05, 4.69) is 15.6 Å². The molecule has 0 aliphatic heterocycles. The van der Waals surface area contributed by atoms with Gasteiger partial charge in [0.1, 0.15) is 5.69 Å². The van der Waals surface area contributed by atoms with E-state index >= 15 is 0 Å². The lowest BCUT2D eigenvalue weighted by molar-refractivity contribution is 0.0524. The van der Waals surface area contributed by atoms with Gasteiger partial charge in [-0.3, -0.25) is 9.59 Å². The number of aromatic nitrogens is 1. The van der Waals surface area contributed by atoms with Gasteiger partial charge in [0.2, 0.25) is 0 Å². The van der Waals surface area contributed by atoms with Crippen LogP contribution >= 0.6 is 11.6 Å². The molecule has 0 spiro atoms. The van der Waals surface area contributed by atoms with Crippen LogP contribution < -0.4 is 10.6 Å². The van der Waals surface area contributed by atoms with Gasteiger partial charge >= 0.3 is 5.97 Å². The first-order valence-corrected chi connectivity index (χ1v) is 9.33. The molecule has 0 saturated heterocycles. The third kappa shape index (κ3) is 4.67. The number of anilines is 1. The highest BCUT2D eigenvalue weighted by atomic mass is 35.5. The summed E-state index contributed by atoms with van der Waals surface area (Å²) >= 11 is 6.19. The molecule has 146 valence electrons. The maximum atomic E-state index is 12.4. The molecule has 0 atom stereocenters. The van der Waals surface area contributed by atoms with E-state index in [-0.39, 0.29) is 29.3 Å². The van der Waals surface area contributed by atoms with Crippen LogP contribution in [0.3, 0.4) is 0 Å². The molecule has 1 saturated carbocycles. The molecule has 8 heteroatoms. The van der Waals surface area contributed by atoms with E-state index in [1.54, 1.807) is 26.0 Å². The van der Waals surface area contributed by atoms with Crippen LogP contribution in [0.25, 0.3) is 0 Å². The molecule has 28 heavy (non-hydrogen) atoms. The van der Waals surface area contributed by atoms with Crippen molar-refractivity contribution in [2.75, 3.05) is 11.9 Å². The fraction of sp³-hybridized carbons (Fsp3) is 0.300. The molecule has 2 aromatic rings. The lowest BCUT2D eigenvalue weighted by Crippen LogP contribution is -2.25. The van der Waals surface area contributed by atoms with Crippen molar-refractivity contribution in [2.45, 2.75) is 32.7 Å². The Balaban J connectivity index is 1.70. The summed E-state index contributed by atoms with van der Waals surface area (Å²) in [7, 11) is 0. The van der Waals surface area contributed by atoms with Gasteiger partial charge in [-0.2, -0.15) is 0 Å². The fourth-order valence-electron chi connectivity index (χ4n) is 2.58. The van der Waals surface area contributed by atoms with Crippen LogP contribution in [0.1, 0.15) is 56.7 Å². The third-order valence-corrected chi connectivity index (χ3v) is 4.51. The van der Waals surface area contributed by atoms with E-state index in [4.69, 9.17) is 16.3 Å². The number of carbonyl (C=O) groups is 3. The Labute approximate surface area is 167 Å². The van der Waals surface area contributed by atoms with Crippen LogP contribution in [0.15, 0.2) is 30.3 Å². The smallest absolute Gasteiger partial charge is 0.339 e. The average Bonchev–Trinajstić information content (AvgIpc) is 3.45. The lowest BCUT2D eigenvalue weighted by Gasteiger charge is -2.10. The predicted octanol–water partition coefficient (Wildman–Crippen LogP) is 3.36. The van der Waals surface area contributed by atoms with Crippen LogP contribution in [-0.2, 0) is 4.74 Å². The summed E-state index contributed by atoms with van der Waals surface area (Å²) in [6.07, 6.45) is 1.97. The van der Waals surface area contributed by atoms with E-state index in [0.717, 1.165) is 12.8 Å². The first kappa shape index (κ1) is 19.8. The van der Waals surface area contributed by atoms with E-state index in [1.807, 2.05) is 0 Å². The largest absolute Gasteiger partial charge is 0.462 e. The summed E-state index contributed by atoms with van der Waals surface area (Å²) in [5, 5.41) is 5.80. The van der Waals surface area contributed by atoms with Crippen molar-refractivity contribution >= 4 is 35.1 Å². The molecular weight excluding hydrogens is 382 g/mol. The van der Waals surface area contributed by atoms with Crippen LogP contribution in [-0.4, -0.2) is 35.4 Å². The van der Waals surface area contributed by atoms with Gasteiger partial charge in [-0.25, -0.2) is 9.78 Å². The molecule has 1 aliphatic carbocycles. The zero-order valence-electron chi connectivity index (χ0n) is 15.5. The van der Waals surface area contributed by atoms with Crippen molar-refractivity contribution in [3.63, 3.8) is 0 Å². The number of pyridine rings is 1. The van der Waals surface area contributed by atoms with Gasteiger partial charge in [-0.15, -0.1) is 0 Å². The number of nitrogens with one attached hydrogen (secondary N) is 2. The summed E-state index contributed by atoms with van der Waals surface area (Å²) in [6, 6.07) is 7.88. The van der Waals surface area contributed by atoms with E-state index in [1.165, 1.54) is 18.2 Å². The van der Waals surface area contributed by atoms with Crippen LogP contribution in [0, 0.1) is 6.92 Å². The molecule has 1 fully saturated rings. The number of hydrogen-bond acceptors (Lipinski definition) is 5. The van der Waals surface area contributed by atoms with Crippen molar-refractivity contribution < 1.29 is 19.1 Å². The molecule has 3 rings (SSSR count). The van der Waals surface area contributed by atoms with Crippen LogP contribution in [0.4, 0.5) is 5.69 Å². The third-order valence-electron chi connectivity index (χ3n) is 4.20. The van der Waals surface area contributed by atoms with Gasteiger partial charge in [0.15, 0.2) is 0 Å². The second-order valence-corrected chi connectivity index (χ2v) is 6.85. The van der Waals surface area contributed by atoms with Gasteiger partial charge in [0.25, 0.3) is 11.8 Å². The lowest BCUT2D eigenvalue weighted by atomic mass is 10.1. The Hall–Kier alpha value is -2.93. The number of ether oxygens (including phenoxy) is 1. The normalized spacial score (nSPS) is 13.0. The summed E-state index contributed by atoms with van der Waals surface area (Å²) in [5.41, 5.74) is 1.66. The standard InChI is InChI=1S/C20H20ClN3O4/c1-3-28-20(27)14-8-9-17(22-11(14)2)19(26)24-13-6-7-15(16(21)10-13)18(25)23-12-4-5-12/h6-10,12H,3-5H2,1-2H3,(H,23,25)(H,24,26). The molecule has 2 N–H and O–H groups in total. The molecule has 1 heterocycles. The van der Waals surface area contributed by atoms with Crippen LogP contribution in [0.2, 0.25) is 5.02 Å². The fourth-order valence-corrected chi connectivity index (χ4v) is 2.84. The minimum absolute atomic E-state index is 0.150. The second kappa shape index (κ2) is 8.39. The average molecular weight is 402 g/mol. The first-order chi connectivity index (χ1) is 13.4. The molecule has 0 radical (unpaired) electrons. The van der Waals surface area contributed by atoms with Gasteiger partial charge < -0.3 is 15.4 Å². The predicted molar refractivity (Wildman–Crippen MR) is 105 cm³/mol. The monoisotopic (exact) mass is 401 g/mol. The SMILES string of the molecule is CCOC(=O)c1ccc(C(=O)Nc2ccc(C(=O)NC3CC3)c(Cl)c2)nc1C. The van der Waals surface area contributed by atoms with Crippen molar-refractivity contribution in [3.8, 4) is 0 Å². The summed E-state index contributed by atoms with van der Waals surface area (Å²) in [4.78, 5) is 40.5. The molecule has 1 aromatic heterocycles. The molecule has 1 aromatic carbocycles. The molecule has 0 unspecified atom stereocenters. The topological polar surface area (TPSA) is 97.4 Å². The molecule has 7 nitrogen and oxygen atoms in total. The highest BCUT2D eigenvalue weighted by Crippen LogP contribution is 2.24. The number of nitrogens with zero attached hydrogens (tertiary/aromatic N) is 1. The number of carbonyl (C=O) groups excluding carboxylic acids is 3. The quantitative estimate of drug-likeness (QED) is 0.723. The Morgan fingerprint density at radius 1 is 1.14 bits per heavy atom. The van der Waals surface area contributed by atoms with Crippen molar-refractivity contribution in [1.82, 2.24) is 10.3 Å². The number of amides is 2. The van der Waals surface area contributed by atoms with Gasteiger partial charge in [0.05, 0.1) is 28.5 Å². The van der Waals surface area contributed by atoms with E-state index < -0.39 is 11.9 Å². The Morgan fingerprint density at radius 3 is 2.46 bits per heavy atom. The molecular formula is C20H20ClN3O4. The Kier molecular flexibility index (Phi) is 5.94. The number of esters is 1. The molecule has 0 bridgehead atoms. The van der Waals surface area contributed by atoms with Gasteiger partial charge in [0, 0.05) is 11.7 Å².